The molecule has 1 aliphatic heterocycles. The lowest BCUT2D eigenvalue weighted by Crippen LogP contribution is -2.29. The summed E-state index contributed by atoms with van der Waals surface area (Å²) in [6.45, 7) is 1.25. The zero-order chi connectivity index (χ0) is 20.7. The molecule has 1 unspecified atom stereocenters. The Labute approximate surface area is 181 Å². The predicted octanol–water partition coefficient (Wildman–Crippen LogP) is 2.16. The number of hydrogen-bond acceptors (Lipinski definition) is 10. The molecule has 3 aromatic heterocycles. The van der Waals surface area contributed by atoms with Crippen molar-refractivity contribution in [2.45, 2.75) is 62.1 Å². The van der Waals surface area contributed by atoms with Crippen LogP contribution in [0.1, 0.15) is 41.9 Å². The van der Waals surface area contributed by atoms with E-state index in [2.05, 4.69) is 15.0 Å². The molecule has 0 amide bonds. The van der Waals surface area contributed by atoms with Gasteiger partial charge in [0.25, 0.3) is 5.56 Å². The molecule has 30 heavy (non-hydrogen) atoms. The number of aryl methyl sites for hydroxylation is 2. The minimum Gasteiger partial charge on any atom is -0.376 e. The largest absolute Gasteiger partial charge is 0.376 e. The number of nitrogen functional groups attached to an aromatic ring is 2. The van der Waals surface area contributed by atoms with E-state index in [1.54, 1.807) is 15.9 Å². The Morgan fingerprint density at radius 2 is 1.90 bits per heavy atom. The summed E-state index contributed by atoms with van der Waals surface area (Å²) in [6.07, 6.45) is 6.32. The molecule has 0 bridgehead atoms. The number of aromatic nitrogens is 5. The van der Waals surface area contributed by atoms with Crippen molar-refractivity contribution in [2.75, 3.05) is 18.1 Å². The number of thiophene rings is 1. The average Bonchev–Trinajstić information content (AvgIpc) is 3.35. The highest BCUT2D eigenvalue weighted by Crippen LogP contribution is 2.35. The normalized spacial score (nSPS) is 18.7. The summed E-state index contributed by atoms with van der Waals surface area (Å²) in [5, 5.41) is 1.45. The molecular formula is C19H23N7O2S2. The summed E-state index contributed by atoms with van der Waals surface area (Å²) in [5.74, 6) is 1.03. The highest BCUT2D eigenvalue weighted by atomic mass is 32.2. The van der Waals surface area contributed by atoms with Crippen LogP contribution in [0, 0.1) is 0 Å². The van der Waals surface area contributed by atoms with Gasteiger partial charge in [-0.2, -0.15) is 15.0 Å². The monoisotopic (exact) mass is 445 g/mol. The van der Waals surface area contributed by atoms with Gasteiger partial charge in [-0.3, -0.25) is 9.36 Å². The molecule has 11 heteroatoms. The smallest absolute Gasteiger partial charge is 0.263 e. The molecule has 0 aromatic carbocycles. The van der Waals surface area contributed by atoms with Gasteiger partial charge in [0, 0.05) is 11.5 Å². The quantitative estimate of drug-likeness (QED) is 0.447. The summed E-state index contributed by atoms with van der Waals surface area (Å²) >= 11 is 3.07. The molecule has 0 radical (unpaired) electrons. The molecule has 2 aliphatic rings. The first-order valence-corrected chi connectivity index (χ1v) is 11.9. The lowest BCUT2D eigenvalue weighted by molar-refractivity contribution is 0.0937. The Morgan fingerprint density at radius 1 is 1.10 bits per heavy atom. The zero-order valence-electron chi connectivity index (χ0n) is 16.5. The van der Waals surface area contributed by atoms with Crippen molar-refractivity contribution in [1.82, 2.24) is 24.5 Å². The number of anilines is 2. The minimum atomic E-state index is 0.0343. The number of fused-ring (bicyclic) bond motifs is 3. The fraction of sp³-hybridized carbons (Fsp3) is 0.526. The Morgan fingerprint density at radius 3 is 2.67 bits per heavy atom. The summed E-state index contributed by atoms with van der Waals surface area (Å²) in [5.41, 5.74) is 12.6. The van der Waals surface area contributed by atoms with Gasteiger partial charge in [0.05, 0.1) is 23.8 Å². The summed E-state index contributed by atoms with van der Waals surface area (Å²) in [7, 11) is 0. The third-order valence-electron chi connectivity index (χ3n) is 5.50. The molecule has 0 spiro atoms. The van der Waals surface area contributed by atoms with Crippen LogP contribution in [-0.2, 0) is 29.9 Å². The maximum Gasteiger partial charge on any atom is 0.263 e. The van der Waals surface area contributed by atoms with Crippen molar-refractivity contribution in [2.24, 2.45) is 0 Å². The van der Waals surface area contributed by atoms with E-state index in [4.69, 9.17) is 21.2 Å². The van der Waals surface area contributed by atoms with Crippen LogP contribution in [0.5, 0.6) is 0 Å². The molecule has 5 rings (SSSR count). The Kier molecular flexibility index (Phi) is 5.34. The first-order valence-electron chi connectivity index (χ1n) is 10.1. The predicted molar refractivity (Wildman–Crippen MR) is 118 cm³/mol. The van der Waals surface area contributed by atoms with Crippen molar-refractivity contribution >= 4 is 45.2 Å². The minimum absolute atomic E-state index is 0.0343. The number of nitrogens with zero attached hydrogens (tertiary/aromatic N) is 5. The number of rotatable bonds is 5. The molecular weight excluding hydrogens is 422 g/mol. The van der Waals surface area contributed by atoms with E-state index in [9.17, 15) is 4.79 Å². The van der Waals surface area contributed by atoms with Crippen LogP contribution in [-0.4, -0.2) is 37.2 Å². The lowest BCUT2D eigenvalue weighted by Gasteiger charge is -2.16. The molecule has 1 fully saturated rings. The van der Waals surface area contributed by atoms with E-state index < -0.39 is 0 Å². The molecule has 4 N–H and O–H groups in total. The van der Waals surface area contributed by atoms with Crippen LogP contribution >= 0.6 is 23.1 Å². The van der Waals surface area contributed by atoms with E-state index in [-0.39, 0.29) is 23.6 Å². The fourth-order valence-corrected chi connectivity index (χ4v) is 6.30. The maximum absolute atomic E-state index is 13.6. The number of nitrogens with two attached hydrogens (primary N) is 2. The second-order valence-corrected chi connectivity index (χ2v) is 9.62. The highest BCUT2D eigenvalue weighted by Gasteiger charge is 2.25. The Bertz CT molecular complexity index is 1130. The van der Waals surface area contributed by atoms with Crippen molar-refractivity contribution in [3.05, 3.63) is 26.6 Å². The topological polar surface area (TPSA) is 135 Å². The maximum atomic E-state index is 13.6. The third kappa shape index (κ3) is 3.77. The van der Waals surface area contributed by atoms with Crippen LogP contribution in [0.15, 0.2) is 9.95 Å². The first-order chi connectivity index (χ1) is 14.6. The van der Waals surface area contributed by atoms with Crippen LogP contribution in [0.25, 0.3) is 10.2 Å². The molecule has 158 valence electrons. The van der Waals surface area contributed by atoms with E-state index in [1.165, 1.54) is 28.6 Å². The fourth-order valence-electron chi connectivity index (χ4n) is 4.13. The van der Waals surface area contributed by atoms with Crippen LogP contribution in [0.4, 0.5) is 11.9 Å². The molecule has 0 saturated carbocycles. The summed E-state index contributed by atoms with van der Waals surface area (Å²) in [6, 6.07) is 0. The highest BCUT2D eigenvalue weighted by molar-refractivity contribution is 7.98. The molecule has 1 saturated heterocycles. The third-order valence-corrected chi connectivity index (χ3v) is 7.65. The molecule has 4 heterocycles. The second-order valence-electron chi connectivity index (χ2n) is 7.59. The van der Waals surface area contributed by atoms with E-state index in [0.29, 0.717) is 23.3 Å². The number of thioether (sulfide) groups is 1. The van der Waals surface area contributed by atoms with E-state index in [0.717, 1.165) is 48.9 Å². The van der Waals surface area contributed by atoms with Crippen LogP contribution in [0.3, 0.4) is 0 Å². The molecule has 9 nitrogen and oxygen atoms in total. The zero-order valence-corrected chi connectivity index (χ0v) is 18.1. The second kappa shape index (κ2) is 8.12. The van der Waals surface area contributed by atoms with Gasteiger partial charge in [0.2, 0.25) is 11.9 Å². The van der Waals surface area contributed by atoms with Gasteiger partial charge in [-0.25, -0.2) is 4.98 Å². The first kappa shape index (κ1) is 19.7. The van der Waals surface area contributed by atoms with Crippen molar-refractivity contribution in [3.8, 4) is 0 Å². The van der Waals surface area contributed by atoms with Crippen LogP contribution < -0.4 is 17.0 Å². The van der Waals surface area contributed by atoms with Gasteiger partial charge in [0.15, 0.2) is 5.16 Å². The van der Waals surface area contributed by atoms with Crippen molar-refractivity contribution in [3.63, 3.8) is 0 Å². The molecule has 3 aromatic rings. The Balaban J connectivity index is 1.55. The van der Waals surface area contributed by atoms with Crippen molar-refractivity contribution < 1.29 is 4.74 Å². The van der Waals surface area contributed by atoms with Gasteiger partial charge in [-0.15, -0.1) is 11.3 Å². The van der Waals surface area contributed by atoms with Crippen molar-refractivity contribution in [1.29, 1.82) is 0 Å². The van der Waals surface area contributed by atoms with Gasteiger partial charge in [0.1, 0.15) is 10.7 Å². The van der Waals surface area contributed by atoms with Gasteiger partial charge in [-0.05, 0) is 44.1 Å². The number of ether oxygens (including phenoxy) is 1. The number of hydrogen-bond donors (Lipinski definition) is 2. The van der Waals surface area contributed by atoms with E-state index >= 15 is 0 Å². The summed E-state index contributed by atoms with van der Waals surface area (Å²) < 4.78 is 7.58. The Hall–Kier alpha value is -2.24. The standard InChI is InChI=1S/C19H23N7O2S2/c20-17-22-13(23-18(21)25-17)9-29-19-24-15-14(11-5-1-2-6-12(11)30-15)16(27)26(19)8-10-4-3-7-28-10/h10H,1-9H2,(H4,20,21,22,23,25). The van der Waals surface area contributed by atoms with Gasteiger partial charge in [-0.1, -0.05) is 11.8 Å². The lowest BCUT2D eigenvalue weighted by atomic mass is 9.97. The molecule has 1 atom stereocenters. The summed E-state index contributed by atoms with van der Waals surface area (Å²) in [4.78, 5) is 32.7. The van der Waals surface area contributed by atoms with Gasteiger partial charge >= 0.3 is 0 Å². The molecule has 1 aliphatic carbocycles. The van der Waals surface area contributed by atoms with E-state index in [1.807, 2.05) is 0 Å². The van der Waals surface area contributed by atoms with Gasteiger partial charge < -0.3 is 16.2 Å². The SMILES string of the molecule is Nc1nc(N)nc(CSc2nc3sc4c(c3c(=O)n2CC2CCCO2)CCCC4)n1. The average molecular weight is 446 g/mol. The van der Waals surface area contributed by atoms with Crippen LogP contribution in [0.2, 0.25) is 0 Å².